The number of nitrogens with zero attached hydrogens (tertiary/aromatic N) is 1. The molecule has 18 heavy (non-hydrogen) atoms. The molecule has 1 fully saturated rings. The van der Waals surface area contributed by atoms with E-state index >= 15 is 0 Å². The summed E-state index contributed by atoms with van der Waals surface area (Å²) >= 11 is 0. The number of piperidine rings is 1. The van der Waals surface area contributed by atoms with Crippen LogP contribution in [-0.4, -0.2) is 30.6 Å². The van der Waals surface area contributed by atoms with E-state index in [0.717, 1.165) is 25.2 Å². The molecule has 2 nitrogen and oxygen atoms in total. The third-order valence-electron chi connectivity index (χ3n) is 3.68. The minimum atomic E-state index is 0.336. The van der Waals surface area contributed by atoms with E-state index < -0.39 is 0 Å². The predicted octanol–water partition coefficient (Wildman–Crippen LogP) is 2.10. The summed E-state index contributed by atoms with van der Waals surface area (Å²) in [5, 5.41) is 0. The number of hydrogen-bond acceptors (Lipinski definition) is 2. The van der Waals surface area contributed by atoms with E-state index in [1.54, 1.807) is 0 Å². The number of nitrogens with two attached hydrogens (primary N) is 1. The van der Waals surface area contributed by atoms with Gasteiger partial charge < -0.3 is 5.73 Å². The van der Waals surface area contributed by atoms with Gasteiger partial charge in [0.25, 0.3) is 0 Å². The summed E-state index contributed by atoms with van der Waals surface area (Å²) in [6.07, 6.45) is 2.43. The van der Waals surface area contributed by atoms with Crippen molar-refractivity contribution < 1.29 is 0 Å². The van der Waals surface area contributed by atoms with Crippen LogP contribution in [0.25, 0.3) is 0 Å². The number of rotatable bonds is 2. The third-order valence-corrected chi connectivity index (χ3v) is 3.68. The molecule has 0 bridgehead atoms. The van der Waals surface area contributed by atoms with Crippen LogP contribution in [0.2, 0.25) is 0 Å². The van der Waals surface area contributed by atoms with Gasteiger partial charge >= 0.3 is 0 Å². The summed E-state index contributed by atoms with van der Waals surface area (Å²) < 4.78 is 0. The van der Waals surface area contributed by atoms with E-state index in [2.05, 4.69) is 35.8 Å². The van der Waals surface area contributed by atoms with E-state index in [1.807, 2.05) is 18.2 Å². The van der Waals surface area contributed by atoms with Crippen LogP contribution in [0.3, 0.4) is 0 Å². The highest BCUT2D eigenvalue weighted by Gasteiger charge is 2.20. The quantitative estimate of drug-likeness (QED) is 0.805. The maximum absolute atomic E-state index is 5.94. The Balaban J connectivity index is 1.78. The topological polar surface area (TPSA) is 29.3 Å². The maximum Gasteiger partial charge on any atom is 0.0605 e. The van der Waals surface area contributed by atoms with E-state index in [4.69, 9.17) is 5.73 Å². The first-order valence-corrected chi connectivity index (χ1v) is 6.77. The van der Waals surface area contributed by atoms with Crippen LogP contribution in [0.5, 0.6) is 0 Å². The summed E-state index contributed by atoms with van der Waals surface area (Å²) in [7, 11) is 0. The molecule has 2 N–H and O–H groups in total. The summed E-state index contributed by atoms with van der Waals surface area (Å²) in [5.41, 5.74) is 7.04. The SMILES string of the molecule is CC(N)C1CCN(CC#Cc2ccccc2)CC1. The maximum atomic E-state index is 5.94. The summed E-state index contributed by atoms with van der Waals surface area (Å²) in [5.74, 6) is 7.17. The first kappa shape index (κ1) is 13.1. The summed E-state index contributed by atoms with van der Waals surface area (Å²) in [6, 6.07) is 10.5. The molecule has 1 aliphatic heterocycles. The van der Waals surface area contributed by atoms with Gasteiger partial charge in [-0.2, -0.15) is 0 Å². The average molecular weight is 242 g/mol. The van der Waals surface area contributed by atoms with Gasteiger partial charge in [-0.1, -0.05) is 30.0 Å². The molecule has 0 spiro atoms. The molecule has 0 aliphatic carbocycles. The molecule has 1 atom stereocenters. The van der Waals surface area contributed by atoms with Crippen LogP contribution in [0, 0.1) is 17.8 Å². The van der Waals surface area contributed by atoms with Gasteiger partial charge in [-0.15, -0.1) is 0 Å². The minimum absolute atomic E-state index is 0.336. The van der Waals surface area contributed by atoms with Crippen LogP contribution in [0.4, 0.5) is 0 Å². The molecule has 1 aromatic rings. The lowest BCUT2D eigenvalue weighted by Gasteiger charge is -2.32. The number of hydrogen-bond donors (Lipinski definition) is 1. The first-order valence-electron chi connectivity index (χ1n) is 6.77. The molecule has 0 saturated carbocycles. The highest BCUT2D eigenvalue weighted by molar-refractivity contribution is 5.33. The van der Waals surface area contributed by atoms with Gasteiger partial charge in [0.2, 0.25) is 0 Å². The molecule has 1 unspecified atom stereocenters. The lowest BCUT2D eigenvalue weighted by Crippen LogP contribution is -2.39. The van der Waals surface area contributed by atoms with E-state index in [-0.39, 0.29) is 0 Å². The van der Waals surface area contributed by atoms with Gasteiger partial charge in [0.05, 0.1) is 6.54 Å². The Morgan fingerprint density at radius 3 is 2.56 bits per heavy atom. The lowest BCUT2D eigenvalue weighted by atomic mass is 9.91. The van der Waals surface area contributed by atoms with Crippen molar-refractivity contribution in [3.63, 3.8) is 0 Å². The highest BCUT2D eigenvalue weighted by Crippen LogP contribution is 2.18. The van der Waals surface area contributed by atoms with Crippen molar-refractivity contribution in [2.75, 3.05) is 19.6 Å². The van der Waals surface area contributed by atoms with Gasteiger partial charge in [0, 0.05) is 11.6 Å². The second kappa shape index (κ2) is 6.58. The van der Waals surface area contributed by atoms with Crippen LogP contribution < -0.4 is 5.73 Å². The largest absolute Gasteiger partial charge is 0.328 e. The Labute approximate surface area is 110 Å². The third kappa shape index (κ3) is 3.87. The molecule has 0 radical (unpaired) electrons. The number of benzene rings is 1. The fourth-order valence-electron chi connectivity index (χ4n) is 2.41. The van der Waals surface area contributed by atoms with Crippen LogP contribution in [-0.2, 0) is 0 Å². The molecule has 96 valence electrons. The van der Waals surface area contributed by atoms with Crippen molar-refractivity contribution in [1.29, 1.82) is 0 Å². The molecule has 1 aliphatic rings. The molecular weight excluding hydrogens is 220 g/mol. The van der Waals surface area contributed by atoms with Gasteiger partial charge in [-0.05, 0) is 50.9 Å². The summed E-state index contributed by atoms with van der Waals surface area (Å²) in [4.78, 5) is 2.43. The second-order valence-corrected chi connectivity index (χ2v) is 5.14. The van der Waals surface area contributed by atoms with Crippen molar-refractivity contribution in [3.8, 4) is 11.8 Å². The van der Waals surface area contributed by atoms with Crippen molar-refractivity contribution in [3.05, 3.63) is 35.9 Å². The zero-order chi connectivity index (χ0) is 12.8. The summed E-state index contributed by atoms with van der Waals surface area (Å²) in [6.45, 7) is 5.27. The van der Waals surface area contributed by atoms with Crippen LogP contribution >= 0.6 is 0 Å². The van der Waals surface area contributed by atoms with E-state index in [9.17, 15) is 0 Å². The van der Waals surface area contributed by atoms with Gasteiger partial charge in [-0.3, -0.25) is 4.90 Å². The first-order chi connectivity index (χ1) is 8.75. The van der Waals surface area contributed by atoms with Gasteiger partial charge in [0.1, 0.15) is 0 Å². The monoisotopic (exact) mass is 242 g/mol. The molecule has 2 rings (SSSR count). The molecule has 0 amide bonds. The van der Waals surface area contributed by atoms with Crippen LogP contribution in [0.1, 0.15) is 25.3 Å². The fourth-order valence-corrected chi connectivity index (χ4v) is 2.41. The Kier molecular flexibility index (Phi) is 4.81. The standard InChI is InChI=1S/C16H22N2/c1-14(17)16-9-12-18(13-10-16)11-5-8-15-6-3-2-4-7-15/h2-4,6-7,14,16H,9-13,17H2,1H3. The van der Waals surface area contributed by atoms with E-state index in [1.165, 1.54) is 12.8 Å². The van der Waals surface area contributed by atoms with Crippen LogP contribution in [0.15, 0.2) is 30.3 Å². The van der Waals surface area contributed by atoms with Gasteiger partial charge in [-0.25, -0.2) is 0 Å². The zero-order valence-electron chi connectivity index (χ0n) is 11.1. The van der Waals surface area contributed by atoms with Gasteiger partial charge in [0.15, 0.2) is 0 Å². The van der Waals surface area contributed by atoms with Crippen molar-refractivity contribution >= 4 is 0 Å². The Bertz CT molecular complexity index is 406. The highest BCUT2D eigenvalue weighted by atomic mass is 15.1. The molecular formula is C16H22N2. The zero-order valence-corrected chi connectivity index (χ0v) is 11.1. The Hall–Kier alpha value is -1.30. The normalized spacial score (nSPS) is 19.0. The second-order valence-electron chi connectivity index (χ2n) is 5.14. The Morgan fingerprint density at radius 1 is 1.28 bits per heavy atom. The molecule has 1 heterocycles. The van der Waals surface area contributed by atoms with E-state index in [0.29, 0.717) is 12.0 Å². The molecule has 2 heteroatoms. The predicted molar refractivity (Wildman–Crippen MR) is 76.1 cm³/mol. The number of likely N-dealkylation sites (tertiary alicyclic amines) is 1. The van der Waals surface area contributed by atoms with Crippen molar-refractivity contribution in [2.45, 2.75) is 25.8 Å². The molecule has 1 aromatic carbocycles. The Morgan fingerprint density at radius 2 is 1.94 bits per heavy atom. The lowest BCUT2D eigenvalue weighted by molar-refractivity contribution is 0.189. The molecule has 1 saturated heterocycles. The van der Waals surface area contributed by atoms with Crippen molar-refractivity contribution in [2.24, 2.45) is 11.7 Å². The smallest absolute Gasteiger partial charge is 0.0605 e. The minimum Gasteiger partial charge on any atom is -0.328 e. The fraction of sp³-hybridized carbons (Fsp3) is 0.500. The van der Waals surface area contributed by atoms with Crippen molar-refractivity contribution in [1.82, 2.24) is 4.90 Å². The average Bonchev–Trinajstić information content (AvgIpc) is 2.40. The molecule has 0 aromatic heterocycles.